The van der Waals surface area contributed by atoms with Crippen LogP contribution in [0.25, 0.3) is 0 Å². The van der Waals surface area contributed by atoms with Crippen LogP contribution >= 0.6 is 22.7 Å². The van der Waals surface area contributed by atoms with Gasteiger partial charge in [-0.3, -0.25) is 9.69 Å². The van der Waals surface area contributed by atoms with Crippen LogP contribution in [0.3, 0.4) is 0 Å². The molecule has 5 rings (SSSR count). The van der Waals surface area contributed by atoms with E-state index in [0.717, 1.165) is 38.6 Å². The van der Waals surface area contributed by atoms with Crippen LogP contribution in [0.15, 0.2) is 29.0 Å². The monoisotopic (exact) mass is 415 g/mol. The van der Waals surface area contributed by atoms with Crippen molar-refractivity contribution in [3.8, 4) is 0 Å². The van der Waals surface area contributed by atoms with Gasteiger partial charge in [-0.15, -0.1) is 22.7 Å². The number of nitrogens with zero attached hydrogens (tertiary/aromatic N) is 2. The Bertz CT molecular complexity index is 893. The second-order valence-corrected chi connectivity index (χ2v) is 10.2. The summed E-state index contributed by atoms with van der Waals surface area (Å²) in [6.07, 6.45) is 4.88. The van der Waals surface area contributed by atoms with Crippen LogP contribution in [0.5, 0.6) is 0 Å². The standard InChI is InChI=1S/C21H25N3O2S2/c1-14-5-2-3-9-21(14)19(25)24(20(26)22-21)13-23-10-7-16-15(8-12-28-16)18(23)17-6-4-11-27-17/h4,6,8,11-12,14,18H,2-3,5,7,9-10,13H2,1H3,(H,22,26)/t14-,18+,21+/m1/s1. The van der Waals surface area contributed by atoms with E-state index in [0.29, 0.717) is 6.67 Å². The fourth-order valence-electron chi connectivity index (χ4n) is 5.11. The number of urea groups is 1. The molecular weight excluding hydrogens is 390 g/mol. The zero-order valence-electron chi connectivity index (χ0n) is 16.0. The summed E-state index contributed by atoms with van der Waals surface area (Å²) in [6, 6.07) is 6.33. The van der Waals surface area contributed by atoms with Crippen LogP contribution in [-0.4, -0.2) is 40.5 Å². The Balaban J connectivity index is 1.44. The molecule has 2 aromatic heterocycles. The van der Waals surface area contributed by atoms with E-state index in [1.165, 1.54) is 20.2 Å². The Morgan fingerprint density at radius 2 is 2.11 bits per heavy atom. The van der Waals surface area contributed by atoms with E-state index in [2.05, 4.69) is 46.1 Å². The molecule has 0 aromatic carbocycles. The van der Waals surface area contributed by atoms with Gasteiger partial charge in [-0.1, -0.05) is 25.8 Å². The molecule has 3 aliphatic rings. The van der Waals surface area contributed by atoms with Crippen molar-refractivity contribution in [2.45, 2.75) is 50.6 Å². The Labute approximate surface area is 173 Å². The zero-order valence-corrected chi connectivity index (χ0v) is 17.7. The number of hydrogen-bond acceptors (Lipinski definition) is 5. The van der Waals surface area contributed by atoms with E-state index in [-0.39, 0.29) is 23.9 Å². The second-order valence-electron chi connectivity index (χ2n) is 8.20. The molecule has 1 N–H and O–H groups in total. The summed E-state index contributed by atoms with van der Waals surface area (Å²) in [4.78, 5) is 32.7. The zero-order chi connectivity index (χ0) is 19.3. The van der Waals surface area contributed by atoms with Gasteiger partial charge in [0.05, 0.1) is 12.7 Å². The number of hydrogen-bond donors (Lipinski definition) is 1. The molecule has 1 saturated carbocycles. The van der Waals surface area contributed by atoms with E-state index in [1.54, 1.807) is 11.3 Å². The van der Waals surface area contributed by atoms with Crippen molar-refractivity contribution in [2.24, 2.45) is 5.92 Å². The quantitative estimate of drug-likeness (QED) is 0.764. The molecule has 1 saturated heterocycles. The maximum Gasteiger partial charge on any atom is 0.326 e. The average molecular weight is 416 g/mol. The third-order valence-corrected chi connectivity index (χ3v) is 8.62. The van der Waals surface area contributed by atoms with Crippen molar-refractivity contribution in [2.75, 3.05) is 13.2 Å². The number of amides is 3. The maximum atomic E-state index is 13.4. The lowest BCUT2D eigenvalue weighted by atomic mass is 9.73. The van der Waals surface area contributed by atoms with E-state index >= 15 is 0 Å². The molecule has 3 atom stereocenters. The summed E-state index contributed by atoms with van der Waals surface area (Å²) in [5.74, 6) is 0.173. The van der Waals surface area contributed by atoms with Gasteiger partial charge >= 0.3 is 6.03 Å². The molecule has 2 aromatic rings. The van der Waals surface area contributed by atoms with Crippen molar-refractivity contribution in [1.29, 1.82) is 0 Å². The lowest BCUT2D eigenvalue weighted by molar-refractivity contribution is -0.136. The molecule has 1 aliphatic carbocycles. The Morgan fingerprint density at radius 3 is 2.89 bits per heavy atom. The third-order valence-electron chi connectivity index (χ3n) is 6.70. The van der Waals surface area contributed by atoms with E-state index < -0.39 is 5.54 Å². The largest absolute Gasteiger partial charge is 0.326 e. The Morgan fingerprint density at radius 1 is 1.21 bits per heavy atom. The Hall–Kier alpha value is -1.70. The molecule has 0 unspecified atom stereocenters. The minimum Gasteiger partial charge on any atom is -0.323 e. The van der Waals surface area contributed by atoms with Gasteiger partial charge in [-0.25, -0.2) is 9.69 Å². The smallest absolute Gasteiger partial charge is 0.323 e. The van der Waals surface area contributed by atoms with Gasteiger partial charge in [-0.2, -0.15) is 0 Å². The summed E-state index contributed by atoms with van der Waals surface area (Å²) in [5.41, 5.74) is 0.642. The lowest BCUT2D eigenvalue weighted by Crippen LogP contribution is -2.54. The highest BCUT2D eigenvalue weighted by Crippen LogP contribution is 2.41. The first-order chi connectivity index (χ1) is 13.6. The van der Waals surface area contributed by atoms with Crippen LogP contribution in [-0.2, 0) is 11.2 Å². The minimum atomic E-state index is -0.683. The molecule has 0 radical (unpaired) electrons. The van der Waals surface area contributed by atoms with Gasteiger partial charge in [0.2, 0.25) is 0 Å². The van der Waals surface area contributed by atoms with Crippen molar-refractivity contribution in [3.63, 3.8) is 0 Å². The first kappa shape index (κ1) is 18.3. The summed E-state index contributed by atoms with van der Waals surface area (Å²) < 4.78 is 0. The molecule has 28 heavy (non-hydrogen) atoms. The lowest BCUT2D eigenvalue weighted by Gasteiger charge is -2.39. The molecule has 7 heteroatoms. The third kappa shape index (κ3) is 2.75. The van der Waals surface area contributed by atoms with Gasteiger partial charge in [0.25, 0.3) is 5.91 Å². The Kier molecular flexibility index (Phi) is 4.56. The molecule has 1 spiro atoms. The summed E-state index contributed by atoms with van der Waals surface area (Å²) >= 11 is 3.55. The molecular formula is C21H25N3O2S2. The molecule has 4 heterocycles. The first-order valence-electron chi connectivity index (χ1n) is 10.1. The fourth-order valence-corrected chi connectivity index (χ4v) is 6.89. The molecule has 3 amide bonds. The van der Waals surface area contributed by atoms with Crippen molar-refractivity contribution >= 4 is 34.6 Å². The highest BCUT2D eigenvalue weighted by molar-refractivity contribution is 7.10. The topological polar surface area (TPSA) is 52.7 Å². The number of carbonyl (C=O) groups excluding carboxylic acids is 2. The summed E-state index contributed by atoms with van der Waals surface area (Å²) in [7, 11) is 0. The second kappa shape index (κ2) is 6.97. The predicted molar refractivity (Wildman–Crippen MR) is 111 cm³/mol. The van der Waals surface area contributed by atoms with Gasteiger partial charge in [0.1, 0.15) is 5.54 Å². The number of imide groups is 1. The number of carbonyl (C=O) groups is 2. The number of nitrogens with one attached hydrogen (secondary N) is 1. The van der Waals surface area contributed by atoms with E-state index in [9.17, 15) is 9.59 Å². The molecule has 5 nitrogen and oxygen atoms in total. The highest BCUT2D eigenvalue weighted by atomic mass is 32.1. The van der Waals surface area contributed by atoms with Crippen LogP contribution in [0.4, 0.5) is 4.79 Å². The molecule has 2 aliphatic heterocycles. The summed E-state index contributed by atoms with van der Waals surface area (Å²) in [6.45, 7) is 3.32. The highest BCUT2D eigenvalue weighted by Gasteiger charge is 2.55. The minimum absolute atomic E-state index is 0.0225. The normalized spacial score (nSPS) is 30.7. The SMILES string of the molecule is C[C@@H]1CCCC[C@]12NC(=O)N(CN1CCc3sccc3[C@H]1c1cccs1)C2=O. The van der Waals surface area contributed by atoms with Crippen molar-refractivity contribution < 1.29 is 9.59 Å². The van der Waals surface area contributed by atoms with Crippen molar-refractivity contribution in [1.82, 2.24) is 15.1 Å². The summed E-state index contributed by atoms with van der Waals surface area (Å²) in [5, 5.41) is 7.34. The number of thiophene rings is 2. The van der Waals surface area contributed by atoms with E-state index in [4.69, 9.17) is 0 Å². The van der Waals surface area contributed by atoms with Gasteiger partial charge in [0.15, 0.2) is 0 Å². The van der Waals surface area contributed by atoms with Crippen LogP contribution in [0, 0.1) is 5.92 Å². The van der Waals surface area contributed by atoms with Gasteiger partial charge in [-0.05, 0) is 53.6 Å². The first-order valence-corrected chi connectivity index (χ1v) is 11.8. The molecule has 0 bridgehead atoms. The van der Waals surface area contributed by atoms with Crippen molar-refractivity contribution in [3.05, 3.63) is 44.3 Å². The van der Waals surface area contributed by atoms with Crippen LogP contribution in [0.1, 0.15) is 54.0 Å². The molecule has 148 valence electrons. The fraction of sp³-hybridized carbons (Fsp3) is 0.524. The number of rotatable bonds is 3. The van der Waals surface area contributed by atoms with Gasteiger partial charge in [0, 0.05) is 16.3 Å². The number of fused-ring (bicyclic) bond motifs is 1. The average Bonchev–Trinajstić information content (AvgIpc) is 3.42. The van der Waals surface area contributed by atoms with Gasteiger partial charge < -0.3 is 5.32 Å². The molecule has 2 fully saturated rings. The van der Waals surface area contributed by atoms with Crippen LogP contribution < -0.4 is 5.32 Å². The van der Waals surface area contributed by atoms with E-state index in [1.807, 2.05) is 11.3 Å². The van der Waals surface area contributed by atoms with Crippen LogP contribution in [0.2, 0.25) is 0 Å². The maximum absolute atomic E-state index is 13.4. The predicted octanol–water partition coefficient (Wildman–Crippen LogP) is 4.22.